The standard InChI is InChI=1S/C32H37F4N5O6/c1-5-25(42)37-17-30(3,4)18-38-28(45)39-23-10-11-24-21(14-23)12-13-31(24)27(44)41(29(46)47-31)16-26(43)40(19(2)32(34,35)36)15-20-6-8-22(33)9-7-20/h6-11,14,19H,5,12-13,15-18H2,1-4H3,(H,37,42)(H2,38,39,45)/t19-,31+/m0/s1. The summed E-state index contributed by atoms with van der Waals surface area (Å²) in [6.45, 7) is 5.38. The van der Waals surface area contributed by atoms with Crippen LogP contribution in [0.1, 0.15) is 57.2 Å². The maximum atomic E-state index is 13.7. The molecule has 15 heteroatoms. The molecule has 4 rings (SSSR count). The first-order chi connectivity index (χ1) is 22.0. The number of ether oxygens (including phenoxy) is 1. The summed E-state index contributed by atoms with van der Waals surface area (Å²) in [7, 11) is 0. The number of anilines is 1. The van der Waals surface area contributed by atoms with E-state index in [4.69, 9.17) is 4.74 Å². The van der Waals surface area contributed by atoms with Gasteiger partial charge in [0.2, 0.25) is 17.4 Å². The topological polar surface area (TPSA) is 137 Å². The Balaban J connectivity index is 1.44. The van der Waals surface area contributed by atoms with Gasteiger partial charge in [-0.1, -0.05) is 39.0 Å². The van der Waals surface area contributed by atoms with Crippen molar-refractivity contribution in [3.63, 3.8) is 0 Å². The van der Waals surface area contributed by atoms with Crippen LogP contribution in [0.2, 0.25) is 0 Å². The van der Waals surface area contributed by atoms with Crippen molar-refractivity contribution < 1.29 is 46.3 Å². The van der Waals surface area contributed by atoms with E-state index in [0.717, 1.165) is 19.1 Å². The normalized spacial score (nSPS) is 18.1. The SMILES string of the molecule is CCC(=O)NCC(C)(C)CNC(=O)Nc1ccc2c(c1)CC[C@@]21OC(=O)N(CC(=O)N(Cc2ccc(F)cc2)[C@@H](C)C(F)(F)F)C1=O. The minimum Gasteiger partial charge on any atom is -0.427 e. The van der Waals surface area contributed by atoms with E-state index in [1.165, 1.54) is 24.3 Å². The molecule has 1 aliphatic heterocycles. The van der Waals surface area contributed by atoms with Gasteiger partial charge in [0, 0.05) is 43.7 Å². The van der Waals surface area contributed by atoms with Gasteiger partial charge < -0.3 is 25.6 Å². The molecule has 11 nitrogen and oxygen atoms in total. The zero-order valence-electron chi connectivity index (χ0n) is 26.4. The Morgan fingerprint density at radius 2 is 1.70 bits per heavy atom. The first-order valence-corrected chi connectivity index (χ1v) is 15.1. The lowest BCUT2D eigenvalue weighted by atomic mass is 9.93. The largest absolute Gasteiger partial charge is 0.427 e. The molecule has 0 radical (unpaired) electrons. The summed E-state index contributed by atoms with van der Waals surface area (Å²) in [4.78, 5) is 64.9. The van der Waals surface area contributed by atoms with Crippen molar-refractivity contribution in [1.29, 1.82) is 0 Å². The number of fused-ring (bicyclic) bond motifs is 2. The third kappa shape index (κ3) is 8.00. The van der Waals surface area contributed by atoms with Crippen LogP contribution in [0.25, 0.3) is 0 Å². The van der Waals surface area contributed by atoms with Gasteiger partial charge in [0.25, 0.3) is 5.91 Å². The Labute approximate surface area is 269 Å². The molecule has 2 atom stereocenters. The van der Waals surface area contributed by atoms with E-state index in [2.05, 4.69) is 16.0 Å². The molecule has 2 aromatic carbocycles. The van der Waals surface area contributed by atoms with Crippen molar-refractivity contribution in [1.82, 2.24) is 20.4 Å². The van der Waals surface area contributed by atoms with Gasteiger partial charge in [-0.05, 0) is 54.2 Å². The van der Waals surface area contributed by atoms with E-state index in [9.17, 15) is 41.5 Å². The first kappa shape index (κ1) is 35.2. The monoisotopic (exact) mass is 663 g/mol. The predicted octanol–water partition coefficient (Wildman–Crippen LogP) is 4.60. The number of amides is 6. The van der Waals surface area contributed by atoms with Gasteiger partial charge >= 0.3 is 18.3 Å². The second kappa shape index (κ2) is 13.6. The molecule has 0 bridgehead atoms. The molecule has 47 heavy (non-hydrogen) atoms. The van der Waals surface area contributed by atoms with Crippen LogP contribution in [0, 0.1) is 11.2 Å². The van der Waals surface area contributed by atoms with Crippen molar-refractivity contribution >= 4 is 35.5 Å². The number of urea groups is 1. The first-order valence-electron chi connectivity index (χ1n) is 15.1. The average molecular weight is 664 g/mol. The summed E-state index contributed by atoms with van der Waals surface area (Å²) in [5.74, 6) is -2.74. The third-order valence-corrected chi connectivity index (χ3v) is 8.25. The molecule has 1 fully saturated rings. The zero-order chi connectivity index (χ0) is 34.7. The van der Waals surface area contributed by atoms with E-state index >= 15 is 0 Å². The molecule has 1 saturated heterocycles. The van der Waals surface area contributed by atoms with E-state index in [-0.39, 0.29) is 30.9 Å². The van der Waals surface area contributed by atoms with E-state index in [0.29, 0.717) is 39.6 Å². The van der Waals surface area contributed by atoms with E-state index in [1.54, 1.807) is 13.0 Å². The molecule has 0 aromatic heterocycles. The van der Waals surface area contributed by atoms with E-state index in [1.807, 2.05) is 13.8 Å². The highest BCUT2D eigenvalue weighted by Crippen LogP contribution is 2.46. The Morgan fingerprint density at radius 1 is 1.04 bits per heavy atom. The van der Waals surface area contributed by atoms with Crippen LogP contribution in [0.5, 0.6) is 0 Å². The maximum Gasteiger partial charge on any atom is 0.418 e. The summed E-state index contributed by atoms with van der Waals surface area (Å²) in [6.07, 6.45) is -5.33. The van der Waals surface area contributed by atoms with Gasteiger partial charge in [-0.3, -0.25) is 14.4 Å². The second-order valence-corrected chi connectivity index (χ2v) is 12.4. The molecule has 1 aliphatic carbocycles. The number of nitrogens with zero attached hydrogens (tertiary/aromatic N) is 2. The lowest BCUT2D eigenvalue weighted by Crippen LogP contribution is -2.51. The van der Waals surface area contributed by atoms with Crippen LogP contribution in [0.4, 0.5) is 32.8 Å². The molecule has 3 N–H and O–H groups in total. The number of imide groups is 1. The molecule has 2 aromatic rings. The molecule has 0 saturated carbocycles. The van der Waals surface area contributed by atoms with Crippen molar-refractivity contribution in [2.24, 2.45) is 5.41 Å². The Morgan fingerprint density at radius 3 is 2.34 bits per heavy atom. The number of alkyl halides is 3. The summed E-state index contributed by atoms with van der Waals surface area (Å²) in [5.41, 5.74) is -0.626. The number of hydrogen-bond acceptors (Lipinski definition) is 6. The number of halogens is 4. The molecule has 2 aliphatic rings. The quantitative estimate of drug-likeness (QED) is 0.301. The van der Waals surface area contributed by atoms with Gasteiger partial charge in [0.15, 0.2) is 0 Å². The Kier molecular flexibility index (Phi) is 10.2. The lowest BCUT2D eigenvalue weighted by molar-refractivity contribution is -0.187. The highest BCUT2D eigenvalue weighted by Gasteiger charge is 2.58. The molecule has 1 heterocycles. The average Bonchev–Trinajstić information content (AvgIpc) is 3.49. The Hall–Kier alpha value is -4.69. The fraction of sp³-hybridized carbons (Fsp3) is 0.469. The third-order valence-electron chi connectivity index (χ3n) is 8.25. The van der Waals surface area contributed by atoms with Gasteiger partial charge in [-0.2, -0.15) is 13.2 Å². The zero-order valence-corrected chi connectivity index (χ0v) is 26.4. The molecule has 254 valence electrons. The van der Waals surface area contributed by atoms with Crippen molar-refractivity contribution in [2.75, 3.05) is 25.0 Å². The van der Waals surface area contributed by atoms with Crippen molar-refractivity contribution in [2.45, 2.75) is 71.3 Å². The number of benzene rings is 2. The number of aryl methyl sites for hydroxylation is 1. The van der Waals surface area contributed by atoms with Gasteiger partial charge in [-0.25, -0.2) is 18.9 Å². The molecular formula is C32H37F4N5O6. The smallest absolute Gasteiger partial charge is 0.418 e. The number of carbonyl (C=O) groups excluding carboxylic acids is 5. The van der Waals surface area contributed by atoms with Crippen LogP contribution < -0.4 is 16.0 Å². The van der Waals surface area contributed by atoms with Gasteiger partial charge in [0.1, 0.15) is 18.4 Å². The van der Waals surface area contributed by atoms with Crippen LogP contribution in [0.3, 0.4) is 0 Å². The summed E-state index contributed by atoms with van der Waals surface area (Å²) in [6, 6.07) is 6.45. The number of carbonyl (C=O) groups is 5. The number of nitrogens with one attached hydrogen (secondary N) is 3. The molecule has 1 spiro atoms. The molecule has 0 unspecified atom stereocenters. The van der Waals surface area contributed by atoms with Crippen LogP contribution in [0.15, 0.2) is 42.5 Å². The van der Waals surface area contributed by atoms with Crippen LogP contribution >= 0.6 is 0 Å². The second-order valence-electron chi connectivity index (χ2n) is 12.4. The minimum absolute atomic E-state index is 0.0309. The summed E-state index contributed by atoms with van der Waals surface area (Å²) >= 11 is 0. The van der Waals surface area contributed by atoms with Crippen LogP contribution in [-0.4, -0.2) is 71.5 Å². The van der Waals surface area contributed by atoms with Crippen molar-refractivity contribution in [3.05, 3.63) is 65.0 Å². The lowest BCUT2D eigenvalue weighted by Gasteiger charge is -2.31. The Bertz CT molecular complexity index is 1550. The van der Waals surface area contributed by atoms with E-state index < -0.39 is 66.1 Å². The number of rotatable bonds is 11. The fourth-order valence-electron chi connectivity index (χ4n) is 5.38. The number of hydrogen-bond donors (Lipinski definition) is 3. The minimum atomic E-state index is -4.82. The van der Waals surface area contributed by atoms with Crippen molar-refractivity contribution in [3.8, 4) is 0 Å². The van der Waals surface area contributed by atoms with Gasteiger partial charge in [-0.15, -0.1) is 0 Å². The van der Waals surface area contributed by atoms with Crippen LogP contribution in [-0.2, 0) is 37.7 Å². The molecule has 6 amide bonds. The van der Waals surface area contributed by atoms with Gasteiger partial charge in [0.05, 0.1) is 0 Å². The fourth-order valence-corrected chi connectivity index (χ4v) is 5.38. The molecular weight excluding hydrogens is 626 g/mol. The summed E-state index contributed by atoms with van der Waals surface area (Å²) in [5, 5.41) is 8.26. The highest BCUT2D eigenvalue weighted by atomic mass is 19.4. The predicted molar refractivity (Wildman–Crippen MR) is 161 cm³/mol. The maximum absolute atomic E-state index is 13.7. The highest BCUT2D eigenvalue weighted by molar-refractivity contribution is 6.06. The summed E-state index contributed by atoms with van der Waals surface area (Å²) < 4.78 is 60.0.